The normalized spacial score (nSPS) is 13.4. The summed E-state index contributed by atoms with van der Waals surface area (Å²) < 4.78 is 23.9. The van der Waals surface area contributed by atoms with Gasteiger partial charge in [-0.15, -0.1) is 0 Å². The topological polar surface area (TPSA) is 51.2 Å². The van der Waals surface area contributed by atoms with Crippen LogP contribution in [0.1, 0.15) is 31.1 Å². The number of carbonyl (C=O) groups is 1. The molecular formula is C12H15ClO3S. The van der Waals surface area contributed by atoms with Gasteiger partial charge in [0.1, 0.15) is 5.78 Å². The summed E-state index contributed by atoms with van der Waals surface area (Å²) in [5, 5.41) is -0.0406. The SMILES string of the molecule is CC(=O)CCS(=O)(=O)C(C)c1ccc(Cl)cc1. The standard InChI is InChI=1S/C12H15ClO3S/c1-9(14)7-8-17(15,16)10(2)11-3-5-12(13)6-4-11/h3-6,10H,7-8H2,1-2H3. The summed E-state index contributed by atoms with van der Waals surface area (Å²) in [6.45, 7) is 3.02. The first-order chi connectivity index (χ1) is 7.83. The second-order valence-corrected chi connectivity index (χ2v) is 6.89. The van der Waals surface area contributed by atoms with E-state index >= 15 is 0 Å². The van der Waals surface area contributed by atoms with E-state index in [1.54, 1.807) is 31.2 Å². The Bertz CT molecular complexity index is 491. The minimum atomic E-state index is -3.29. The minimum absolute atomic E-state index is 0.0697. The molecule has 1 unspecified atom stereocenters. The second-order valence-electron chi connectivity index (χ2n) is 4.01. The molecule has 1 aromatic rings. The Kier molecular flexibility index (Phi) is 4.71. The van der Waals surface area contributed by atoms with Gasteiger partial charge in [0.15, 0.2) is 9.84 Å². The van der Waals surface area contributed by atoms with Crippen LogP contribution >= 0.6 is 11.6 Å². The Morgan fingerprint density at radius 1 is 1.29 bits per heavy atom. The molecule has 0 radical (unpaired) electrons. The first kappa shape index (κ1) is 14.2. The number of ketones is 1. The molecule has 5 heteroatoms. The van der Waals surface area contributed by atoms with Crippen LogP contribution in [0, 0.1) is 0 Å². The maximum absolute atomic E-state index is 11.9. The van der Waals surface area contributed by atoms with Crippen LogP contribution in [-0.4, -0.2) is 20.0 Å². The molecule has 3 nitrogen and oxygen atoms in total. The monoisotopic (exact) mass is 274 g/mol. The van der Waals surface area contributed by atoms with Crippen LogP contribution < -0.4 is 0 Å². The second kappa shape index (κ2) is 5.65. The number of halogens is 1. The summed E-state index contributed by atoms with van der Waals surface area (Å²) in [4.78, 5) is 10.8. The van der Waals surface area contributed by atoms with Gasteiger partial charge in [0.25, 0.3) is 0 Å². The number of carbonyl (C=O) groups excluding carboxylic acids is 1. The summed E-state index contributed by atoms with van der Waals surface area (Å²) in [7, 11) is -3.29. The molecule has 94 valence electrons. The molecule has 17 heavy (non-hydrogen) atoms. The minimum Gasteiger partial charge on any atom is -0.300 e. The molecule has 1 rings (SSSR count). The molecular weight excluding hydrogens is 260 g/mol. The summed E-state index contributed by atoms with van der Waals surface area (Å²) in [5.41, 5.74) is 0.693. The molecule has 0 saturated heterocycles. The zero-order valence-electron chi connectivity index (χ0n) is 9.81. The Hall–Kier alpha value is -0.870. The van der Waals surface area contributed by atoms with Crippen molar-refractivity contribution in [1.82, 2.24) is 0 Å². The van der Waals surface area contributed by atoms with Crippen molar-refractivity contribution in [3.05, 3.63) is 34.9 Å². The maximum Gasteiger partial charge on any atom is 0.157 e. The molecule has 0 bridgehead atoms. The number of benzene rings is 1. The fourth-order valence-corrected chi connectivity index (χ4v) is 3.03. The lowest BCUT2D eigenvalue weighted by molar-refractivity contribution is -0.116. The maximum atomic E-state index is 11.9. The highest BCUT2D eigenvalue weighted by Gasteiger charge is 2.22. The number of rotatable bonds is 5. The van der Waals surface area contributed by atoms with E-state index in [1.807, 2.05) is 0 Å². The molecule has 0 aliphatic heterocycles. The van der Waals surface area contributed by atoms with Gasteiger partial charge in [-0.1, -0.05) is 23.7 Å². The van der Waals surface area contributed by atoms with Crippen LogP contribution in [-0.2, 0) is 14.6 Å². The quantitative estimate of drug-likeness (QED) is 0.830. The molecule has 0 aliphatic carbocycles. The smallest absolute Gasteiger partial charge is 0.157 e. The first-order valence-corrected chi connectivity index (χ1v) is 7.39. The zero-order valence-corrected chi connectivity index (χ0v) is 11.4. The van der Waals surface area contributed by atoms with Crippen molar-refractivity contribution in [3.63, 3.8) is 0 Å². The molecule has 0 N–H and O–H groups in total. The molecule has 1 aromatic carbocycles. The van der Waals surface area contributed by atoms with Crippen LogP contribution in [0.4, 0.5) is 0 Å². The molecule has 0 aliphatic rings. The highest BCUT2D eigenvalue weighted by Crippen LogP contribution is 2.24. The van der Waals surface area contributed by atoms with E-state index in [0.717, 1.165) is 0 Å². The largest absolute Gasteiger partial charge is 0.300 e. The van der Waals surface area contributed by atoms with Crippen LogP contribution in [0.25, 0.3) is 0 Å². The third kappa shape index (κ3) is 4.13. The van der Waals surface area contributed by atoms with E-state index in [0.29, 0.717) is 10.6 Å². The van der Waals surface area contributed by atoms with Crippen molar-refractivity contribution in [2.75, 3.05) is 5.75 Å². The van der Waals surface area contributed by atoms with Crippen molar-refractivity contribution in [2.45, 2.75) is 25.5 Å². The van der Waals surface area contributed by atoms with E-state index in [4.69, 9.17) is 11.6 Å². The van der Waals surface area contributed by atoms with Crippen molar-refractivity contribution >= 4 is 27.2 Å². The molecule has 0 fully saturated rings. The highest BCUT2D eigenvalue weighted by molar-refractivity contribution is 7.91. The van der Waals surface area contributed by atoms with Gasteiger partial charge in [0, 0.05) is 11.4 Å². The Morgan fingerprint density at radius 2 is 1.82 bits per heavy atom. The lowest BCUT2D eigenvalue weighted by Gasteiger charge is -2.12. The van der Waals surface area contributed by atoms with Crippen LogP contribution in [0.15, 0.2) is 24.3 Å². The van der Waals surface area contributed by atoms with E-state index in [1.165, 1.54) is 6.92 Å². The Morgan fingerprint density at radius 3 is 2.29 bits per heavy atom. The molecule has 1 atom stereocenters. The molecule has 0 saturated carbocycles. The summed E-state index contributed by atoms with van der Waals surface area (Å²) in [5.74, 6) is -0.219. The van der Waals surface area contributed by atoms with Crippen molar-refractivity contribution in [3.8, 4) is 0 Å². The van der Waals surface area contributed by atoms with Gasteiger partial charge in [-0.05, 0) is 31.5 Å². The number of Topliss-reactive ketones (excluding diaryl/α,β-unsaturated/α-hetero) is 1. The molecule has 0 aromatic heterocycles. The predicted octanol–water partition coefficient (Wildman–Crippen LogP) is 2.79. The van der Waals surface area contributed by atoms with Gasteiger partial charge in [-0.2, -0.15) is 0 Å². The summed E-state index contributed by atoms with van der Waals surface area (Å²) in [6.07, 6.45) is 0.0697. The van der Waals surface area contributed by atoms with Crippen molar-refractivity contribution < 1.29 is 13.2 Å². The average molecular weight is 275 g/mol. The highest BCUT2D eigenvalue weighted by atomic mass is 35.5. The van der Waals surface area contributed by atoms with Gasteiger partial charge < -0.3 is 0 Å². The molecule has 0 heterocycles. The first-order valence-electron chi connectivity index (χ1n) is 5.29. The van der Waals surface area contributed by atoms with E-state index in [9.17, 15) is 13.2 Å². The van der Waals surface area contributed by atoms with Gasteiger partial charge in [0.05, 0.1) is 11.0 Å². The van der Waals surface area contributed by atoms with E-state index in [2.05, 4.69) is 0 Å². The fourth-order valence-electron chi connectivity index (χ4n) is 1.40. The Balaban J connectivity index is 2.84. The van der Waals surface area contributed by atoms with Gasteiger partial charge >= 0.3 is 0 Å². The lowest BCUT2D eigenvalue weighted by atomic mass is 10.2. The summed E-state index contributed by atoms with van der Waals surface area (Å²) in [6, 6.07) is 6.71. The van der Waals surface area contributed by atoms with Crippen molar-refractivity contribution in [1.29, 1.82) is 0 Å². The van der Waals surface area contributed by atoms with Gasteiger partial charge in [-0.25, -0.2) is 8.42 Å². The van der Waals surface area contributed by atoms with Gasteiger partial charge in [-0.3, -0.25) is 4.79 Å². The number of hydrogen-bond acceptors (Lipinski definition) is 3. The van der Waals surface area contributed by atoms with Crippen LogP contribution in [0.3, 0.4) is 0 Å². The lowest BCUT2D eigenvalue weighted by Crippen LogP contribution is -2.16. The number of hydrogen-bond donors (Lipinski definition) is 0. The van der Waals surface area contributed by atoms with Gasteiger partial charge in [0.2, 0.25) is 0 Å². The average Bonchev–Trinajstić information content (AvgIpc) is 2.27. The Labute approximate surface area is 107 Å². The predicted molar refractivity (Wildman–Crippen MR) is 69.0 cm³/mol. The van der Waals surface area contributed by atoms with Crippen LogP contribution in [0.5, 0.6) is 0 Å². The molecule has 0 spiro atoms. The third-order valence-corrected chi connectivity index (χ3v) is 4.99. The zero-order chi connectivity index (χ0) is 13.1. The number of sulfone groups is 1. The molecule has 0 amide bonds. The van der Waals surface area contributed by atoms with Crippen LogP contribution in [0.2, 0.25) is 5.02 Å². The fraction of sp³-hybridized carbons (Fsp3) is 0.417. The van der Waals surface area contributed by atoms with Crippen molar-refractivity contribution in [2.24, 2.45) is 0 Å². The van der Waals surface area contributed by atoms with E-state index < -0.39 is 15.1 Å². The third-order valence-electron chi connectivity index (χ3n) is 2.62. The summed E-state index contributed by atoms with van der Waals surface area (Å²) >= 11 is 5.74. The van der Waals surface area contributed by atoms with E-state index in [-0.39, 0.29) is 18.0 Å².